The molecule has 0 unspecified atom stereocenters. The number of fused-ring (bicyclic) bond motifs is 1. The molecule has 0 saturated heterocycles. The highest BCUT2D eigenvalue weighted by Gasteiger charge is 2.14. The van der Waals surface area contributed by atoms with Crippen molar-refractivity contribution >= 4 is 22.6 Å². The van der Waals surface area contributed by atoms with Gasteiger partial charge < -0.3 is 14.2 Å². The summed E-state index contributed by atoms with van der Waals surface area (Å²) in [5, 5.41) is 10.2. The van der Waals surface area contributed by atoms with Gasteiger partial charge in [0.25, 0.3) is 0 Å². The van der Waals surface area contributed by atoms with E-state index in [0.29, 0.717) is 27.5 Å². The van der Waals surface area contributed by atoms with Crippen molar-refractivity contribution in [1.29, 1.82) is 0 Å². The molecule has 2 heterocycles. The molecule has 1 N–H and O–H groups in total. The van der Waals surface area contributed by atoms with E-state index in [1.54, 1.807) is 34.5 Å². The summed E-state index contributed by atoms with van der Waals surface area (Å²) < 4.78 is 17.6. The van der Waals surface area contributed by atoms with E-state index in [1.807, 2.05) is 18.2 Å². The topological polar surface area (TPSA) is 60.0 Å². The summed E-state index contributed by atoms with van der Waals surface area (Å²) in [6.45, 7) is 2.01. The second kappa shape index (κ2) is 6.55. The fourth-order valence-electron chi connectivity index (χ4n) is 3.13. The average molecular weight is 384 g/mol. The summed E-state index contributed by atoms with van der Waals surface area (Å²) in [6, 6.07) is 11.5. The van der Waals surface area contributed by atoms with Gasteiger partial charge in [0.05, 0.1) is 30.3 Å². The number of para-hydroxylation sites is 1. The molecule has 136 valence electrons. The number of nitrogens with zero attached hydrogens (tertiary/aromatic N) is 3. The van der Waals surface area contributed by atoms with Crippen LogP contribution in [0.15, 0.2) is 59.8 Å². The van der Waals surface area contributed by atoms with E-state index in [1.165, 1.54) is 18.3 Å². The quantitative estimate of drug-likeness (QED) is 0.580. The van der Waals surface area contributed by atoms with Gasteiger partial charge in [0, 0.05) is 22.3 Å². The van der Waals surface area contributed by atoms with Crippen LogP contribution in [0.2, 0.25) is 5.02 Å². The van der Waals surface area contributed by atoms with Crippen LogP contribution in [-0.2, 0) is 6.54 Å². The first-order valence-corrected chi connectivity index (χ1v) is 8.63. The lowest BCUT2D eigenvalue weighted by Crippen LogP contribution is -2.08. The van der Waals surface area contributed by atoms with Gasteiger partial charge in [-0.3, -0.25) is 4.79 Å². The number of pyridine rings is 1. The van der Waals surface area contributed by atoms with Crippen LogP contribution in [0, 0.1) is 12.7 Å². The third-order valence-electron chi connectivity index (χ3n) is 4.50. The lowest BCUT2D eigenvalue weighted by atomic mass is 10.2. The Morgan fingerprint density at radius 2 is 2.00 bits per heavy atom. The maximum atomic E-state index is 14.1. The third kappa shape index (κ3) is 2.98. The predicted molar refractivity (Wildman–Crippen MR) is 102 cm³/mol. The smallest absolute Gasteiger partial charge is 0.223 e. The van der Waals surface area contributed by atoms with E-state index in [0.717, 1.165) is 5.52 Å². The van der Waals surface area contributed by atoms with Crippen LogP contribution in [0.4, 0.5) is 4.39 Å². The second-order valence-electron chi connectivity index (χ2n) is 6.25. The molecule has 4 rings (SSSR count). The highest BCUT2D eigenvalue weighted by atomic mass is 35.5. The molecular weight excluding hydrogens is 369 g/mol. The summed E-state index contributed by atoms with van der Waals surface area (Å²) in [5.74, 6) is -0.711. The van der Waals surface area contributed by atoms with Gasteiger partial charge in [-0.2, -0.15) is 0 Å². The Morgan fingerprint density at radius 1 is 1.22 bits per heavy atom. The summed E-state index contributed by atoms with van der Waals surface area (Å²) >= 11 is 6.14. The molecule has 27 heavy (non-hydrogen) atoms. The molecule has 2 aromatic carbocycles. The molecule has 0 spiro atoms. The van der Waals surface area contributed by atoms with Crippen molar-refractivity contribution in [2.45, 2.75) is 13.5 Å². The van der Waals surface area contributed by atoms with E-state index >= 15 is 0 Å². The number of halogens is 2. The molecule has 0 atom stereocenters. The molecule has 0 fully saturated rings. The molecule has 0 aliphatic carbocycles. The van der Waals surface area contributed by atoms with Crippen LogP contribution >= 0.6 is 11.6 Å². The van der Waals surface area contributed by atoms with Gasteiger partial charge in [-0.25, -0.2) is 9.37 Å². The first-order chi connectivity index (χ1) is 13.0. The van der Waals surface area contributed by atoms with Crippen LogP contribution in [0.3, 0.4) is 0 Å². The number of hydrogen-bond donors (Lipinski definition) is 1. The predicted octanol–water partition coefficient (Wildman–Crippen LogP) is 4.04. The molecule has 5 nitrogen and oxygen atoms in total. The molecule has 0 amide bonds. The lowest BCUT2D eigenvalue weighted by Gasteiger charge is -2.12. The summed E-state index contributed by atoms with van der Waals surface area (Å²) in [5.41, 5.74) is 2.77. The van der Waals surface area contributed by atoms with Crippen molar-refractivity contribution in [2.24, 2.45) is 0 Å². The van der Waals surface area contributed by atoms with Gasteiger partial charge >= 0.3 is 0 Å². The Kier molecular flexibility index (Phi) is 4.20. The third-order valence-corrected chi connectivity index (χ3v) is 4.86. The van der Waals surface area contributed by atoms with E-state index < -0.39 is 5.43 Å². The Bertz CT molecular complexity index is 1210. The zero-order valence-electron chi connectivity index (χ0n) is 14.4. The number of aryl methyl sites for hydroxylation is 1. The van der Waals surface area contributed by atoms with Crippen molar-refractivity contribution < 1.29 is 9.50 Å². The van der Waals surface area contributed by atoms with E-state index in [9.17, 15) is 14.3 Å². The minimum Gasteiger partial charge on any atom is -0.503 e. The number of aromatic nitrogens is 3. The summed E-state index contributed by atoms with van der Waals surface area (Å²) in [4.78, 5) is 16.1. The Hall–Kier alpha value is -3.12. The normalized spacial score (nSPS) is 11.2. The largest absolute Gasteiger partial charge is 0.503 e. The number of rotatable bonds is 3. The maximum Gasteiger partial charge on any atom is 0.223 e. The van der Waals surface area contributed by atoms with Crippen LogP contribution in [0.25, 0.3) is 16.7 Å². The zero-order chi connectivity index (χ0) is 19.1. The molecule has 7 heteroatoms. The van der Waals surface area contributed by atoms with E-state index in [4.69, 9.17) is 11.6 Å². The van der Waals surface area contributed by atoms with Crippen LogP contribution in [-0.4, -0.2) is 19.2 Å². The molecule has 2 aromatic heterocycles. The van der Waals surface area contributed by atoms with Crippen LogP contribution < -0.4 is 5.43 Å². The molecule has 0 aliphatic rings. The number of imidazole rings is 1. The van der Waals surface area contributed by atoms with E-state index in [2.05, 4.69) is 4.98 Å². The molecule has 4 aromatic rings. The fraction of sp³-hybridized carbons (Fsp3) is 0.100. The zero-order valence-corrected chi connectivity index (χ0v) is 15.1. The standard InChI is InChI=1S/C20H15ClFN3O2/c1-12-8-18(26)19(27)10-25(12)17-7-3-6-16-20(17)23-11-24(16)9-13-14(21)4-2-5-15(13)22/h2-8,10-11,27H,9H2,1H3. The van der Waals surface area contributed by atoms with Gasteiger partial charge in [-0.05, 0) is 31.2 Å². The van der Waals surface area contributed by atoms with Crippen molar-refractivity contribution in [1.82, 2.24) is 14.1 Å². The van der Waals surface area contributed by atoms with Crippen LogP contribution in [0.1, 0.15) is 11.3 Å². The highest BCUT2D eigenvalue weighted by molar-refractivity contribution is 6.31. The van der Waals surface area contributed by atoms with Gasteiger partial charge in [-0.1, -0.05) is 23.7 Å². The van der Waals surface area contributed by atoms with Gasteiger partial charge in [0.1, 0.15) is 11.3 Å². The maximum absolute atomic E-state index is 14.1. The lowest BCUT2D eigenvalue weighted by molar-refractivity contribution is 0.465. The van der Waals surface area contributed by atoms with Gasteiger partial charge in [-0.15, -0.1) is 0 Å². The van der Waals surface area contributed by atoms with Crippen molar-refractivity contribution in [3.8, 4) is 11.4 Å². The fourth-order valence-corrected chi connectivity index (χ4v) is 3.35. The van der Waals surface area contributed by atoms with Crippen molar-refractivity contribution in [2.75, 3.05) is 0 Å². The molecule has 0 radical (unpaired) electrons. The highest BCUT2D eigenvalue weighted by Crippen LogP contribution is 2.26. The number of benzene rings is 2. The average Bonchev–Trinajstić information content (AvgIpc) is 3.05. The molecule has 0 bridgehead atoms. The van der Waals surface area contributed by atoms with Crippen molar-refractivity contribution in [3.05, 3.63) is 87.3 Å². The molecule has 0 saturated carbocycles. The van der Waals surface area contributed by atoms with E-state index in [-0.39, 0.29) is 18.1 Å². The van der Waals surface area contributed by atoms with Crippen molar-refractivity contribution in [3.63, 3.8) is 0 Å². The van der Waals surface area contributed by atoms with Gasteiger partial charge in [0.15, 0.2) is 5.75 Å². The van der Waals surface area contributed by atoms with Gasteiger partial charge in [0.2, 0.25) is 5.43 Å². The Balaban J connectivity index is 1.86. The Morgan fingerprint density at radius 3 is 2.78 bits per heavy atom. The Labute approximate surface area is 158 Å². The SMILES string of the molecule is Cc1cc(=O)c(O)cn1-c1cccc2c1ncn2Cc1c(F)cccc1Cl. The minimum absolute atomic E-state index is 0.236. The second-order valence-corrected chi connectivity index (χ2v) is 6.66. The summed E-state index contributed by atoms with van der Waals surface area (Å²) in [7, 11) is 0. The summed E-state index contributed by atoms with van der Waals surface area (Å²) in [6.07, 6.45) is 2.99. The molecule has 0 aliphatic heterocycles. The first kappa shape index (κ1) is 17.3. The first-order valence-electron chi connectivity index (χ1n) is 8.25. The van der Waals surface area contributed by atoms with Crippen LogP contribution in [0.5, 0.6) is 5.75 Å². The number of aromatic hydroxyl groups is 1. The monoisotopic (exact) mass is 383 g/mol. The molecular formula is C20H15ClFN3O2. The minimum atomic E-state index is -0.435. The number of hydrogen-bond acceptors (Lipinski definition) is 3.